The zero-order valence-corrected chi connectivity index (χ0v) is 16.9. The number of amides is 1. The molecule has 0 spiro atoms. The first kappa shape index (κ1) is 22.0. The molecule has 0 aliphatic heterocycles. The van der Waals surface area contributed by atoms with Crippen molar-refractivity contribution in [1.82, 2.24) is 15.1 Å². The van der Waals surface area contributed by atoms with Crippen LogP contribution < -0.4 is 5.32 Å². The topological polar surface area (TPSA) is 64.0 Å². The predicted octanol–water partition coefficient (Wildman–Crippen LogP) is 4.09. The number of benzene rings is 2. The van der Waals surface area contributed by atoms with E-state index >= 15 is 0 Å². The molecule has 6 heteroatoms. The Morgan fingerprint density at radius 3 is 2.21 bits per heavy atom. The lowest BCUT2D eigenvalue weighted by atomic mass is 10.0. The minimum atomic E-state index is -1.13. The van der Waals surface area contributed by atoms with E-state index in [9.17, 15) is 14.0 Å². The third kappa shape index (κ3) is 5.85. The van der Waals surface area contributed by atoms with E-state index in [-0.39, 0.29) is 6.42 Å². The van der Waals surface area contributed by atoms with Gasteiger partial charge in [-0.05, 0) is 37.1 Å². The number of carbonyl (C=O) groups is 2. The van der Waals surface area contributed by atoms with E-state index in [2.05, 4.69) is 10.4 Å². The summed E-state index contributed by atoms with van der Waals surface area (Å²) >= 11 is 0. The molecule has 1 aromatic heterocycles. The van der Waals surface area contributed by atoms with E-state index in [1.807, 2.05) is 74.5 Å². The highest BCUT2D eigenvalue weighted by atomic mass is 19.1. The van der Waals surface area contributed by atoms with Gasteiger partial charge in [-0.3, -0.25) is 9.59 Å². The molecule has 1 amide bonds. The summed E-state index contributed by atoms with van der Waals surface area (Å²) in [6, 6.07) is 19.1. The highest BCUT2D eigenvalue weighted by Crippen LogP contribution is 2.13. The number of rotatable bonds is 7. The smallest absolute Gasteiger partial charge is 0.270 e. The molecule has 0 aliphatic carbocycles. The molecule has 2 aromatic carbocycles. The molecule has 3 aromatic rings. The Hall–Kier alpha value is -3.28. The zero-order valence-electron chi connectivity index (χ0n) is 16.9. The predicted molar refractivity (Wildman–Crippen MR) is 112 cm³/mol. The van der Waals surface area contributed by atoms with Gasteiger partial charge in [0.15, 0.2) is 5.78 Å². The summed E-state index contributed by atoms with van der Waals surface area (Å²) in [5, 5.41) is 7.02. The van der Waals surface area contributed by atoms with E-state index in [4.69, 9.17) is 0 Å². The number of Topliss-reactive ketones (excluding diaryl/α,β-unsaturated/α-hetero) is 1. The first-order valence-corrected chi connectivity index (χ1v) is 9.64. The quantitative estimate of drug-likeness (QED) is 0.655. The molecule has 5 nitrogen and oxygen atoms in total. The molecule has 0 saturated heterocycles. The van der Waals surface area contributed by atoms with E-state index in [1.54, 1.807) is 13.0 Å². The summed E-state index contributed by atoms with van der Waals surface area (Å²) in [5.74, 6) is -1.13. The number of aryl methyl sites for hydroxylation is 1. The van der Waals surface area contributed by atoms with Gasteiger partial charge in [0.25, 0.3) is 5.91 Å². The number of hydrogen-bond donors (Lipinski definition) is 1. The summed E-state index contributed by atoms with van der Waals surface area (Å²) in [5.41, 5.74) is 2.54. The first-order chi connectivity index (χ1) is 14.1. The fourth-order valence-electron chi connectivity index (χ4n) is 2.85. The number of aromatic nitrogens is 2. The van der Waals surface area contributed by atoms with Crippen molar-refractivity contribution in [3.8, 4) is 5.69 Å². The van der Waals surface area contributed by atoms with Crippen molar-refractivity contribution in [2.45, 2.75) is 33.2 Å². The minimum Gasteiger partial charge on any atom is -0.340 e. The summed E-state index contributed by atoms with van der Waals surface area (Å²) in [6.07, 6.45) is 0.230. The van der Waals surface area contributed by atoms with Crippen molar-refractivity contribution < 1.29 is 14.0 Å². The molecule has 29 heavy (non-hydrogen) atoms. The second kappa shape index (κ2) is 10.9. The molecule has 1 N–H and O–H groups in total. The average molecular weight is 395 g/mol. The Morgan fingerprint density at radius 2 is 1.62 bits per heavy atom. The van der Waals surface area contributed by atoms with Crippen LogP contribution in [0.1, 0.15) is 35.6 Å². The lowest BCUT2D eigenvalue weighted by Crippen LogP contribution is -2.43. The molecule has 0 radical (unpaired) electrons. The maximum atomic E-state index is 13.0. The maximum Gasteiger partial charge on any atom is 0.270 e. The third-order valence-electron chi connectivity index (χ3n) is 4.17. The number of para-hydroxylation sites is 1. The Balaban J connectivity index is 0.00000145. The first-order valence-electron chi connectivity index (χ1n) is 9.64. The molecular formula is C23H26FN3O2. The molecule has 0 aliphatic rings. The number of ketones is 1. The largest absolute Gasteiger partial charge is 0.340 e. The summed E-state index contributed by atoms with van der Waals surface area (Å²) in [4.78, 5) is 24.9. The van der Waals surface area contributed by atoms with Gasteiger partial charge in [0.2, 0.25) is 0 Å². The van der Waals surface area contributed by atoms with Crippen LogP contribution in [-0.4, -0.2) is 34.2 Å². The second-order valence-electron chi connectivity index (χ2n) is 6.23. The normalized spacial score (nSPS) is 11.2. The van der Waals surface area contributed by atoms with Crippen molar-refractivity contribution in [2.24, 2.45) is 0 Å². The van der Waals surface area contributed by atoms with E-state index in [1.165, 1.54) is 4.68 Å². The van der Waals surface area contributed by atoms with Gasteiger partial charge < -0.3 is 5.32 Å². The van der Waals surface area contributed by atoms with Crippen LogP contribution in [0.2, 0.25) is 0 Å². The Morgan fingerprint density at radius 1 is 1.03 bits per heavy atom. The van der Waals surface area contributed by atoms with Crippen LogP contribution in [0, 0.1) is 6.92 Å². The SMILES string of the molecule is CC.Cc1cc(C(=O)NC(Cc2ccccc2)C(=O)CF)n(-c2ccccc2)n1. The van der Waals surface area contributed by atoms with Crippen molar-refractivity contribution in [1.29, 1.82) is 0 Å². The fourth-order valence-corrected chi connectivity index (χ4v) is 2.85. The van der Waals surface area contributed by atoms with Crippen LogP contribution in [-0.2, 0) is 11.2 Å². The van der Waals surface area contributed by atoms with E-state index in [0.717, 1.165) is 11.3 Å². The van der Waals surface area contributed by atoms with Crippen LogP contribution in [0.5, 0.6) is 0 Å². The Labute approximate surface area is 170 Å². The lowest BCUT2D eigenvalue weighted by Gasteiger charge is -2.17. The van der Waals surface area contributed by atoms with Crippen molar-refractivity contribution in [3.63, 3.8) is 0 Å². The molecule has 3 rings (SSSR count). The van der Waals surface area contributed by atoms with E-state index in [0.29, 0.717) is 11.4 Å². The van der Waals surface area contributed by atoms with Crippen LogP contribution in [0.25, 0.3) is 5.69 Å². The molecule has 152 valence electrons. The van der Waals surface area contributed by atoms with Crippen molar-refractivity contribution >= 4 is 11.7 Å². The van der Waals surface area contributed by atoms with Crippen molar-refractivity contribution in [3.05, 3.63) is 83.7 Å². The highest BCUT2D eigenvalue weighted by Gasteiger charge is 2.24. The number of carbonyl (C=O) groups excluding carboxylic acids is 2. The fraction of sp³-hybridized carbons (Fsp3) is 0.261. The molecule has 1 atom stereocenters. The average Bonchev–Trinajstić information content (AvgIpc) is 3.17. The van der Waals surface area contributed by atoms with Gasteiger partial charge in [-0.15, -0.1) is 0 Å². The molecule has 0 saturated carbocycles. The van der Waals surface area contributed by atoms with Gasteiger partial charge in [0.1, 0.15) is 12.4 Å². The summed E-state index contributed by atoms with van der Waals surface area (Å²) in [6.45, 7) is 4.65. The number of nitrogens with one attached hydrogen (secondary N) is 1. The van der Waals surface area contributed by atoms with Crippen LogP contribution in [0.15, 0.2) is 66.7 Å². The minimum absolute atomic E-state index is 0.230. The molecular weight excluding hydrogens is 369 g/mol. The van der Waals surface area contributed by atoms with Gasteiger partial charge >= 0.3 is 0 Å². The van der Waals surface area contributed by atoms with Gasteiger partial charge in [-0.2, -0.15) is 5.10 Å². The molecule has 0 fully saturated rings. The summed E-state index contributed by atoms with van der Waals surface area (Å²) < 4.78 is 14.5. The van der Waals surface area contributed by atoms with Gasteiger partial charge in [0.05, 0.1) is 17.4 Å². The van der Waals surface area contributed by atoms with Gasteiger partial charge in [-0.1, -0.05) is 62.4 Å². The number of hydrogen-bond acceptors (Lipinski definition) is 3. The standard InChI is InChI=1S/C21H20FN3O2.C2H6/c1-15-12-19(25(24-15)17-10-6-3-7-11-17)21(27)23-18(20(26)14-22)13-16-8-4-2-5-9-16;1-2/h2-12,18H,13-14H2,1H3,(H,23,27);1-2H3. The highest BCUT2D eigenvalue weighted by molar-refractivity contribution is 5.97. The van der Waals surface area contributed by atoms with Crippen LogP contribution >= 0.6 is 0 Å². The Kier molecular flexibility index (Phi) is 8.27. The maximum absolute atomic E-state index is 13.0. The molecule has 0 bridgehead atoms. The van der Waals surface area contributed by atoms with Gasteiger partial charge in [0, 0.05) is 0 Å². The van der Waals surface area contributed by atoms with Crippen LogP contribution in [0.4, 0.5) is 4.39 Å². The second-order valence-corrected chi connectivity index (χ2v) is 6.23. The number of nitrogens with zero attached hydrogens (tertiary/aromatic N) is 2. The van der Waals surface area contributed by atoms with Gasteiger partial charge in [-0.25, -0.2) is 9.07 Å². The lowest BCUT2D eigenvalue weighted by molar-refractivity contribution is -0.121. The van der Waals surface area contributed by atoms with Crippen LogP contribution in [0.3, 0.4) is 0 Å². The van der Waals surface area contributed by atoms with E-state index < -0.39 is 24.4 Å². The van der Waals surface area contributed by atoms with Crippen molar-refractivity contribution in [2.75, 3.05) is 6.67 Å². The third-order valence-corrected chi connectivity index (χ3v) is 4.17. The monoisotopic (exact) mass is 395 g/mol. The molecule has 1 heterocycles. The summed E-state index contributed by atoms with van der Waals surface area (Å²) in [7, 11) is 0. The zero-order chi connectivity index (χ0) is 21.2. The number of halogens is 1. The molecule has 1 unspecified atom stereocenters. The Bertz CT molecular complexity index is 924. The number of alkyl halides is 1.